The zero-order valence-electron chi connectivity index (χ0n) is 23.6. The second-order valence-electron chi connectivity index (χ2n) is 9.69. The van der Waals surface area contributed by atoms with Crippen molar-refractivity contribution in [1.82, 2.24) is 19.3 Å². The number of urea groups is 1. The number of thiazole rings is 1. The van der Waals surface area contributed by atoms with Gasteiger partial charge in [-0.15, -0.1) is 29.6 Å². The van der Waals surface area contributed by atoms with E-state index in [2.05, 4.69) is 30.9 Å². The van der Waals surface area contributed by atoms with Gasteiger partial charge in [-0.1, -0.05) is 42.5 Å². The quantitative estimate of drug-likeness (QED) is 0.191. The summed E-state index contributed by atoms with van der Waals surface area (Å²) in [5.41, 5.74) is 5.73. The first-order valence-electron chi connectivity index (χ1n) is 13.2. The van der Waals surface area contributed by atoms with Crippen LogP contribution in [0, 0.1) is 32.1 Å². The molecule has 0 aliphatic carbocycles. The van der Waals surface area contributed by atoms with Crippen LogP contribution in [0.2, 0.25) is 0 Å². The number of nitrogens with zero attached hydrogens (tertiary/aromatic N) is 7. The van der Waals surface area contributed by atoms with Crippen LogP contribution in [0.4, 0.5) is 18.0 Å². The average molecular weight is 616 g/mol. The fourth-order valence-corrected chi connectivity index (χ4v) is 5.36. The molecular formula is C31H24F3N7O2S. The number of aryl methyl sites for hydroxylation is 3. The molecule has 13 heteroatoms. The van der Waals surface area contributed by atoms with Crippen LogP contribution in [0.15, 0.2) is 88.4 Å². The second-order valence-corrected chi connectivity index (χ2v) is 10.5. The molecular weight excluding hydrogens is 591 g/mol. The summed E-state index contributed by atoms with van der Waals surface area (Å²) in [5.74, 6) is -0.778. The van der Waals surface area contributed by atoms with Crippen LogP contribution in [0.25, 0.3) is 22.8 Å². The Morgan fingerprint density at radius 2 is 1.73 bits per heavy atom. The van der Waals surface area contributed by atoms with E-state index in [1.807, 2.05) is 48.9 Å². The summed E-state index contributed by atoms with van der Waals surface area (Å²) in [6, 6.07) is 19.5. The number of alkyl halides is 3. The molecule has 0 N–H and O–H groups in total. The first kappa shape index (κ1) is 30.1. The second kappa shape index (κ2) is 12.5. The van der Waals surface area contributed by atoms with E-state index >= 15 is 0 Å². The van der Waals surface area contributed by atoms with E-state index in [0.717, 1.165) is 22.5 Å². The van der Waals surface area contributed by atoms with Crippen LogP contribution in [-0.4, -0.2) is 37.9 Å². The summed E-state index contributed by atoms with van der Waals surface area (Å²) in [7, 11) is 0. The van der Waals surface area contributed by atoms with Gasteiger partial charge in [0.05, 0.1) is 17.4 Å². The van der Waals surface area contributed by atoms with Gasteiger partial charge in [0, 0.05) is 22.9 Å². The molecule has 5 aromatic rings. The third kappa shape index (κ3) is 6.82. The molecule has 1 unspecified atom stereocenters. The number of ether oxygens (including phenoxy) is 1. The van der Waals surface area contributed by atoms with Crippen molar-refractivity contribution in [2.24, 2.45) is 9.98 Å². The lowest BCUT2D eigenvalue weighted by atomic mass is 10.0. The van der Waals surface area contributed by atoms with Gasteiger partial charge >= 0.3 is 12.4 Å². The fraction of sp³-hybridized carbons (Fsp3) is 0.161. The first-order chi connectivity index (χ1) is 21.0. The minimum Gasteiger partial charge on any atom is -0.406 e. The van der Waals surface area contributed by atoms with Crippen LogP contribution >= 0.6 is 11.3 Å². The third-order valence-electron chi connectivity index (χ3n) is 6.56. The van der Waals surface area contributed by atoms with Crippen molar-refractivity contribution in [1.29, 1.82) is 5.26 Å². The van der Waals surface area contributed by atoms with Gasteiger partial charge in [0.2, 0.25) is 0 Å². The molecule has 44 heavy (non-hydrogen) atoms. The number of benzene rings is 3. The van der Waals surface area contributed by atoms with Crippen molar-refractivity contribution in [3.63, 3.8) is 0 Å². The molecule has 2 aromatic heterocycles. The summed E-state index contributed by atoms with van der Waals surface area (Å²) in [5, 5.41) is 16.1. The third-order valence-corrected chi connectivity index (χ3v) is 7.50. The molecule has 0 fully saturated rings. The summed E-state index contributed by atoms with van der Waals surface area (Å²) in [6.07, 6.45) is -2.07. The molecule has 2 heterocycles. The molecule has 0 bridgehead atoms. The maximum Gasteiger partial charge on any atom is 0.573 e. The highest BCUT2D eigenvalue weighted by atomic mass is 32.1. The fourth-order valence-electron chi connectivity index (χ4n) is 4.50. The van der Waals surface area contributed by atoms with E-state index in [9.17, 15) is 23.2 Å². The number of aromatic nitrogens is 4. The van der Waals surface area contributed by atoms with Crippen molar-refractivity contribution in [2.75, 3.05) is 0 Å². The number of nitriles is 1. The summed E-state index contributed by atoms with van der Waals surface area (Å²) >= 11 is 1.33. The zero-order chi connectivity index (χ0) is 31.4. The normalized spacial score (nSPS) is 12.8. The number of carbonyl (C=O) groups excluding carboxylic acids is 1. The van der Waals surface area contributed by atoms with Crippen molar-refractivity contribution >= 4 is 23.6 Å². The molecule has 0 spiro atoms. The van der Waals surface area contributed by atoms with Gasteiger partial charge in [-0.25, -0.2) is 19.5 Å². The van der Waals surface area contributed by atoms with Gasteiger partial charge in [-0.2, -0.15) is 10.3 Å². The average Bonchev–Trinajstić information content (AvgIpc) is 3.61. The number of halogens is 3. The summed E-state index contributed by atoms with van der Waals surface area (Å²) < 4.78 is 44.5. The zero-order valence-corrected chi connectivity index (χ0v) is 24.5. The van der Waals surface area contributed by atoms with Gasteiger partial charge in [0.15, 0.2) is 10.6 Å². The molecule has 3 aromatic carbocycles. The Labute approximate surface area is 253 Å². The lowest BCUT2D eigenvalue weighted by Crippen LogP contribution is -2.18. The predicted octanol–water partition coefficient (Wildman–Crippen LogP) is 7.01. The van der Waals surface area contributed by atoms with Gasteiger partial charge in [0.25, 0.3) is 0 Å². The van der Waals surface area contributed by atoms with E-state index < -0.39 is 18.3 Å². The lowest BCUT2D eigenvalue weighted by molar-refractivity contribution is -0.274. The van der Waals surface area contributed by atoms with Gasteiger partial charge in [0.1, 0.15) is 18.0 Å². The van der Waals surface area contributed by atoms with Gasteiger partial charge in [-0.05, 0) is 61.7 Å². The lowest BCUT2D eigenvalue weighted by Gasteiger charge is -2.12. The first-order valence-corrected chi connectivity index (χ1v) is 14.0. The minimum absolute atomic E-state index is 0.342. The van der Waals surface area contributed by atoms with Crippen molar-refractivity contribution < 1.29 is 22.7 Å². The largest absolute Gasteiger partial charge is 0.573 e. The molecule has 9 nitrogen and oxygen atoms in total. The highest BCUT2D eigenvalue weighted by molar-refractivity contribution is 7.07. The van der Waals surface area contributed by atoms with Gasteiger partial charge in [-0.3, -0.25) is 4.57 Å². The van der Waals surface area contributed by atoms with Gasteiger partial charge < -0.3 is 4.74 Å². The smallest absolute Gasteiger partial charge is 0.406 e. The van der Waals surface area contributed by atoms with Crippen LogP contribution in [-0.2, 0) is 0 Å². The number of carbonyl (C=O) groups is 1. The summed E-state index contributed by atoms with van der Waals surface area (Å²) in [6.45, 7) is 5.94. The topological polar surface area (TPSA) is 110 Å². The van der Waals surface area contributed by atoms with E-state index in [-0.39, 0.29) is 5.75 Å². The molecule has 0 saturated carbocycles. The maximum atomic E-state index is 12.7. The maximum absolute atomic E-state index is 12.7. The standard InChI is InChI=1S/C31H24F3N7O2S/c1-19-5-4-6-20(2)27(19)41-21(3)17-44-30(41)38-29(42)36-16-24(15-35)22-7-9-23(10-8-22)28-37-18-40(39-28)25-11-13-26(14-12-25)43-31(32,33)34/h4-14,16-18,24H,1-3H3. The Hall–Kier alpha value is -5.35. The highest BCUT2D eigenvalue weighted by Crippen LogP contribution is 2.25. The number of hydrogen-bond acceptors (Lipinski definition) is 6. The highest BCUT2D eigenvalue weighted by Gasteiger charge is 2.31. The molecule has 0 radical (unpaired) electrons. The monoisotopic (exact) mass is 615 g/mol. The Kier molecular flexibility index (Phi) is 8.54. The number of aliphatic imine (C=N–C) groups is 1. The van der Waals surface area contributed by atoms with E-state index in [1.165, 1.54) is 52.8 Å². The van der Waals surface area contributed by atoms with Crippen molar-refractivity contribution in [3.8, 4) is 34.6 Å². The predicted molar refractivity (Wildman–Crippen MR) is 159 cm³/mol. The van der Waals surface area contributed by atoms with Crippen LogP contribution < -0.4 is 9.54 Å². The molecule has 0 aliphatic heterocycles. The van der Waals surface area contributed by atoms with Crippen molar-refractivity contribution in [3.05, 3.63) is 106 Å². The molecule has 0 saturated heterocycles. The van der Waals surface area contributed by atoms with E-state index in [4.69, 9.17) is 0 Å². The number of rotatable bonds is 6. The molecule has 2 amide bonds. The molecule has 0 aliphatic rings. The Bertz CT molecular complexity index is 1930. The Morgan fingerprint density at radius 1 is 1.05 bits per heavy atom. The minimum atomic E-state index is -4.77. The van der Waals surface area contributed by atoms with E-state index in [1.54, 1.807) is 24.3 Å². The Balaban J connectivity index is 1.30. The number of para-hydroxylation sites is 1. The Morgan fingerprint density at radius 3 is 2.36 bits per heavy atom. The van der Waals surface area contributed by atoms with Crippen molar-refractivity contribution in [2.45, 2.75) is 33.1 Å². The molecule has 222 valence electrons. The number of amides is 2. The summed E-state index contributed by atoms with van der Waals surface area (Å²) in [4.78, 5) is 25.6. The number of hydrogen-bond donors (Lipinski definition) is 0. The van der Waals surface area contributed by atoms with Crippen LogP contribution in [0.3, 0.4) is 0 Å². The SMILES string of the molecule is Cc1cccc(C)c1-n1c(C)csc1=NC(=O)N=CC(C#N)c1ccc(-c2ncn(-c3ccc(OC(F)(F)F)cc3)n2)cc1. The van der Waals surface area contributed by atoms with E-state index in [0.29, 0.717) is 27.4 Å². The molecule has 1 atom stereocenters. The van der Waals surface area contributed by atoms with Crippen LogP contribution in [0.5, 0.6) is 5.75 Å². The van der Waals surface area contributed by atoms with Crippen LogP contribution in [0.1, 0.15) is 28.3 Å². The molecule has 5 rings (SSSR count).